The first kappa shape index (κ1) is 12.3. The summed E-state index contributed by atoms with van der Waals surface area (Å²) in [5.74, 6) is 3.02. The normalized spacial score (nSPS) is 39.6. The second-order valence-electron chi connectivity index (χ2n) is 7.28. The Morgan fingerprint density at radius 1 is 1.05 bits per heavy atom. The van der Waals surface area contributed by atoms with Gasteiger partial charge in [-0.2, -0.15) is 0 Å². The maximum atomic E-state index is 3.97. The van der Waals surface area contributed by atoms with Crippen molar-refractivity contribution >= 4 is 21.6 Å². The van der Waals surface area contributed by atoms with Gasteiger partial charge in [-0.3, -0.25) is 0 Å². The van der Waals surface area contributed by atoms with Crippen LogP contribution < -0.4 is 5.32 Å². The van der Waals surface area contributed by atoms with Gasteiger partial charge < -0.3 is 5.32 Å². The predicted molar refractivity (Wildman–Crippen MR) is 83.4 cm³/mol. The van der Waals surface area contributed by atoms with Crippen LogP contribution in [-0.4, -0.2) is 5.54 Å². The summed E-state index contributed by atoms with van der Waals surface area (Å²) in [6.45, 7) is 2.22. The lowest BCUT2D eigenvalue weighted by Gasteiger charge is -2.57. The second kappa shape index (κ2) is 4.25. The van der Waals surface area contributed by atoms with E-state index in [1.165, 1.54) is 54.2 Å². The molecule has 0 heterocycles. The summed E-state index contributed by atoms with van der Waals surface area (Å²) in [5.41, 5.74) is 3.13. The van der Waals surface area contributed by atoms with Gasteiger partial charge in [0, 0.05) is 15.7 Å². The molecule has 4 aliphatic rings. The minimum absolute atomic E-state index is 0.417. The SMILES string of the molecule is Cc1ccc(Br)cc1NC12CC3CC(CC(C3)C1)C2. The smallest absolute Gasteiger partial charge is 0.0385 e. The highest BCUT2D eigenvalue weighted by Crippen LogP contribution is 2.56. The number of hydrogen-bond acceptors (Lipinski definition) is 1. The van der Waals surface area contributed by atoms with Crippen molar-refractivity contribution in [3.8, 4) is 0 Å². The lowest BCUT2D eigenvalue weighted by Crippen LogP contribution is -2.54. The van der Waals surface area contributed by atoms with Crippen LogP contribution in [0.15, 0.2) is 22.7 Å². The number of hydrogen-bond donors (Lipinski definition) is 1. The third-order valence-electron chi connectivity index (χ3n) is 5.64. The van der Waals surface area contributed by atoms with Crippen molar-refractivity contribution in [1.29, 1.82) is 0 Å². The van der Waals surface area contributed by atoms with E-state index in [0.717, 1.165) is 17.8 Å². The third kappa shape index (κ3) is 2.12. The first-order chi connectivity index (χ1) is 9.12. The first-order valence-corrected chi connectivity index (χ1v) is 8.45. The summed E-state index contributed by atoms with van der Waals surface area (Å²) in [6.07, 6.45) is 8.76. The van der Waals surface area contributed by atoms with E-state index < -0.39 is 0 Å². The number of benzene rings is 1. The Kier molecular flexibility index (Phi) is 2.74. The van der Waals surface area contributed by atoms with E-state index in [4.69, 9.17) is 0 Å². The molecule has 19 heavy (non-hydrogen) atoms. The van der Waals surface area contributed by atoms with Crippen LogP contribution in [0.3, 0.4) is 0 Å². The third-order valence-corrected chi connectivity index (χ3v) is 6.13. The predicted octanol–water partition coefficient (Wildman–Crippen LogP) is 5.14. The van der Waals surface area contributed by atoms with Crippen LogP contribution in [-0.2, 0) is 0 Å². The quantitative estimate of drug-likeness (QED) is 0.796. The van der Waals surface area contributed by atoms with E-state index in [9.17, 15) is 0 Å². The zero-order valence-corrected chi connectivity index (χ0v) is 13.2. The average Bonchev–Trinajstić information content (AvgIpc) is 2.31. The van der Waals surface area contributed by atoms with Crippen molar-refractivity contribution in [2.45, 2.75) is 51.0 Å². The summed E-state index contributed by atoms with van der Waals surface area (Å²) in [7, 11) is 0. The van der Waals surface area contributed by atoms with Gasteiger partial charge in [0.25, 0.3) is 0 Å². The molecule has 0 saturated heterocycles. The lowest BCUT2D eigenvalue weighted by molar-refractivity contribution is 0.0107. The van der Waals surface area contributed by atoms with Crippen molar-refractivity contribution in [3.05, 3.63) is 28.2 Å². The summed E-state index contributed by atoms with van der Waals surface area (Å²) < 4.78 is 1.19. The zero-order chi connectivity index (χ0) is 13.0. The van der Waals surface area contributed by atoms with E-state index in [1.54, 1.807) is 0 Å². The number of rotatable bonds is 2. The van der Waals surface area contributed by atoms with Crippen LogP contribution in [0.2, 0.25) is 0 Å². The van der Waals surface area contributed by atoms with Gasteiger partial charge in [0.1, 0.15) is 0 Å². The molecule has 4 fully saturated rings. The molecule has 0 spiro atoms. The van der Waals surface area contributed by atoms with Gasteiger partial charge in [0.15, 0.2) is 0 Å². The van der Waals surface area contributed by atoms with Crippen LogP contribution in [0.1, 0.15) is 44.1 Å². The summed E-state index contributed by atoms with van der Waals surface area (Å²) in [6, 6.07) is 6.61. The molecule has 4 saturated carbocycles. The zero-order valence-electron chi connectivity index (χ0n) is 11.6. The second-order valence-corrected chi connectivity index (χ2v) is 8.20. The van der Waals surface area contributed by atoms with Crippen LogP contribution in [0.5, 0.6) is 0 Å². The van der Waals surface area contributed by atoms with Crippen molar-refractivity contribution in [2.75, 3.05) is 5.32 Å². The molecule has 2 heteroatoms. The first-order valence-electron chi connectivity index (χ1n) is 7.66. The fourth-order valence-electron chi connectivity index (χ4n) is 5.28. The largest absolute Gasteiger partial charge is 0.379 e. The number of aryl methyl sites for hydroxylation is 1. The molecule has 5 rings (SSSR count). The molecule has 0 aromatic heterocycles. The highest BCUT2D eigenvalue weighted by molar-refractivity contribution is 9.10. The van der Waals surface area contributed by atoms with Crippen molar-refractivity contribution in [2.24, 2.45) is 17.8 Å². The molecular weight excluding hydrogens is 298 g/mol. The van der Waals surface area contributed by atoms with Crippen molar-refractivity contribution < 1.29 is 0 Å². The minimum Gasteiger partial charge on any atom is -0.379 e. The van der Waals surface area contributed by atoms with Crippen LogP contribution in [0, 0.1) is 24.7 Å². The van der Waals surface area contributed by atoms with Crippen LogP contribution in [0.25, 0.3) is 0 Å². The van der Waals surface area contributed by atoms with E-state index in [1.807, 2.05) is 0 Å². The van der Waals surface area contributed by atoms with Crippen LogP contribution >= 0.6 is 15.9 Å². The molecule has 0 aliphatic heterocycles. The molecule has 4 aliphatic carbocycles. The molecule has 1 aromatic rings. The average molecular weight is 320 g/mol. The Bertz CT molecular complexity index is 473. The molecular formula is C17H22BrN. The Labute approximate surface area is 124 Å². The molecule has 0 radical (unpaired) electrons. The fraction of sp³-hybridized carbons (Fsp3) is 0.647. The van der Waals surface area contributed by atoms with Gasteiger partial charge in [-0.1, -0.05) is 22.0 Å². The molecule has 1 N–H and O–H groups in total. The molecule has 0 unspecified atom stereocenters. The monoisotopic (exact) mass is 319 g/mol. The Hall–Kier alpha value is -0.500. The summed E-state index contributed by atoms with van der Waals surface area (Å²) >= 11 is 3.61. The van der Waals surface area contributed by atoms with Gasteiger partial charge in [-0.15, -0.1) is 0 Å². The molecule has 1 aromatic carbocycles. The maximum absolute atomic E-state index is 3.97. The Morgan fingerprint density at radius 3 is 2.21 bits per heavy atom. The standard InChI is InChI=1S/C17H22BrN/c1-11-2-3-15(18)7-16(11)19-17-8-12-4-13(9-17)6-14(5-12)10-17/h2-3,7,12-14,19H,4-6,8-10H2,1H3. The minimum atomic E-state index is 0.417. The van der Waals surface area contributed by atoms with Gasteiger partial charge in [-0.05, 0) is 80.9 Å². The number of halogens is 1. The molecule has 1 nitrogen and oxygen atoms in total. The van der Waals surface area contributed by atoms with Crippen molar-refractivity contribution in [3.63, 3.8) is 0 Å². The molecule has 4 bridgehead atoms. The van der Waals surface area contributed by atoms with Crippen molar-refractivity contribution in [1.82, 2.24) is 0 Å². The fourth-order valence-corrected chi connectivity index (χ4v) is 5.64. The molecule has 0 atom stereocenters. The van der Waals surface area contributed by atoms with E-state index in [2.05, 4.69) is 46.4 Å². The topological polar surface area (TPSA) is 12.0 Å². The van der Waals surface area contributed by atoms with Crippen LogP contribution in [0.4, 0.5) is 5.69 Å². The summed E-state index contributed by atoms with van der Waals surface area (Å²) in [5, 5.41) is 3.97. The van der Waals surface area contributed by atoms with Gasteiger partial charge in [0.05, 0.1) is 0 Å². The lowest BCUT2D eigenvalue weighted by atomic mass is 9.53. The Morgan fingerprint density at radius 2 is 1.63 bits per heavy atom. The summed E-state index contributed by atoms with van der Waals surface area (Å²) in [4.78, 5) is 0. The highest BCUT2D eigenvalue weighted by Gasteiger charge is 2.50. The van der Waals surface area contributed by atoms with E-state index in [0.29, 0.717) is 5.54 Å². The number of nitrogens with one attached hydrogen (secondary N) is 1. The number of anilines is 1. The van der Waals surface area contributed by atoms with E-state index in [-0.39, 0.29) is 0 Å². The van der Waals surface area contributed by atoms with E-state index >= 15 is 0 Å². The highest BCUT2D eigenvalue weighted by atomic mass is 79.9. The van der Waals surface area contributed by atoms with Gasteiger partial charge in [-0.25, -0.2) is 0 Å². The molecule has 102 valence electrons. The Balaban J connectivity index is 1.64. The van der Waals surface area contributed by atoms with Gasteiger partial charge >= 0.3 is 0 Å². The maximum Gasteiger partial charge on any atom is 0.0385 e. The molecule has 0 amide bonds. The van der Waals surface area contributed by atoms with Gasteiger partial charge in [0.2, 0.25) is 0 Å².